The average Bonchev–Trinajstić information content (AvgIpc) is 3.16. The third-order valence-electron chi connectivity index (χ3n) is 6.23. The number of nitrogen functional groups attached to an aromatic ring is 1. The van der Waals surface area contributed by atoms with Crippen molar-refractivity contribution in [1.82, 2.24) is 14.7 Å². The Balaban J connectivity index is 1.56. The number of amides is 2. The molecule has 0 bridgehead atoms. The van der Waals surface area contributed by atoms with Crippen molar-refractivity contribution in [3.8, 4) is 5.69 Å². The first-order valence-electron chi connectivity index (χ1n) is 10.8. The Labute approximate surface area is 200 Å². The Bertz CT molecular complexity index is 1310. The van der Waals surface area contributed by atoms with Crippen molar-refractivity contribution >= 4 is 35.1 Å². The Morgan fingerprint density at radius 2 is 1.94 bits per heavy atom. The van der Waals surface area contributed by atoms with Gasteiger partial charge >= 0.3 is 6.09 Å². The lowest BCUT2D eigenvalue weighted by Crippen LogP contribution is -2.58. The zero-order chi connectivity index (χ0) is 24.3. The fourth-order valence-electron chi connectivity index (χ4n) is 5.08. The minimum atomic E-state index is -1.41. The van der Waals surface area contributed by atoms with Crippen LogP contribution in [-0.2, 0) is 10.3 Å². The zero-order valence-corrected chi connectivity index (χ0v) is 19.4. The van der Waals surface area contributed by atoms with Crippen LogP contribution in [0.1, 0.15) is 36.2 Å². The van der Waals surface area contributed by atoms with E-state index in [0.717, 1.165) is 0 Å². The second-order valence-corrected chi connectivity index (χ2v) is 9.89. The van der Waals surface area contributed by atoms with Crippen LogP contribution in [0.2, 0.25) is 5.02 Å². The second-order valence-electron chi connectivity index (χ2n) is 9.49. The van der Waals surface area contributed by atoms with Crippen molar-refractivity contribution in [2.24, 2.45) is 5.41 Å². The summed E-state index contributed by atoms with van der Waals surface area (Å²) in [5.41, 5.74) is 5.72. The number of nitrogens with one attached hydrogen (secondary N) is 1. The highest BCUT2D eigenvalue weighted by Crippen LogP contribution is 2.49. The molecule has 3 N–H and O–H groups in total. The largest absolute Gasteiger partial charge is 0.436 e. The highest BCUT2D eigenvalue weighted by atomic mass is 35.5. The maximum absolute atomic E-state index is 15.3. The molecule has 0 radical (unpaired) electrons. The van der Waals surface area contributed by atoms with E-state index in [2.05, 4.69) is 10.4 Å². The van der Waals surface area contributed by atoms with Gasteiger partial charge in [0.2, 0.25) is 0 Å². The number of aromatic nitrogens is 2. The summed E-state index contributed by atoms with van der Waals surface area (Å²) in [4.78, 5) is 27.6. The van der Waals surface area contributed by atoms with Gasteiger partial charge in [-0.15, -0.1) is 0 Å². The summed E-state index contributed by atoms with van der Waals surface area (Å²) < 4.78 is 22.5. The SMILES string of the molecule is CC1(C)CN(C(=O)c2cnn(-c3ccccc3)c2N)C[C@]2(C1)OC(=O)Nc1ccc(Cl)c(F)c12. The average molecular weight is 484 g/mol. The van der Waals surface area contributed by atoms with E-state index in [9.17, 15) is 9.59 Å². The smallest absolute Gasteiger partial charge is 0.412 e. The summed E-state index contributed by atoms with van der Waals surface area (Å²) in [5.74, 6) is -0.878. The maximum Gasteiger partial charge on any atom is 0.412 e. The van der Waals surface area contributed by atoms with Gasteiger partial charge in [-0.2, -0.15) is 5.10 Å². The molecular formula is C24H23ClFN5O3. The van der Waals surface area contributed by atoms with Crippen LogP contribution >= 0.6 is 11.6 Å². The number of carbonyl (C=O) groups excluding carboxylic acids is 2. The van der Waals surface area contributed by atoms with Crippen molar-refractivity contribution in [1.29, 1.82) is 0 Å². The number of fused-ring (bicyclic) bond motifs is 2. The fourth-order valence-corrected chi connectivity index (χ4v) is 5.23. The van der Waals surface area contributed by atoms with Gasteiger partial charge < -0.3 is 15.4 Å². The number of carbonyl (C=O) groups is 2. The number of ether oxygens (including phenoxy) is 1. The molecule has 1 aromatic heterocycles. The molecule has 1 saturated heterocycles. The van der Waals surface area contributed by atoms with Crippen LogP contribution in [0.5, 0.6) is 0 Å². The molecule has 0 aliphatic carbocycles. The molecule has 8 nitrogen and oxygen atoms in total. The molecule has 5 rings (SSSR count). The van der Waals surface area contributed by atoms with Crippen LogP contribution in [0.4, 0.5) is 20.7 Å². The maximum atomic E-state index is 15.3. The predicted octanol–water partition coefficient (Wildman–Crippen LogP) is 4.58. The molecule has 0 saturated carbocycles. The van der Waals surface area contributed by atoms with Gasteiger partial charge in [0.05, 0.1) is 34.7 Å². The van der Waals surface area contributed by atoms with E-state index < -0.39 is 22.9 Å². The molecule has 34 heavy (non-hydrogen) atoms. The lowest BCUT2D eigenvalue weighted by atomic mass is 9.71. The molecule has 1 fully saturated rings. The number of nitrogens with zero attached hydrogens (tertiary/aromatic N) is 3. The summed E-state index contributed by atoms with van der Waals surface area (Å²) in [6, 6.07) is 12.1. The molecule has 2 amide bonds. The Morgan fingerprint density at radius 1 is 1.21 bits per heavy atom. The molecule has 2 aliphatic rings. The molecule has 10 heteroatoms. The van der Waals surface area contributed by atoms with Crippen molar-refractivity contribution < 1.29 is 18.7 Å². The van der Waals surface area contributed by atoms with Crippen LogP contribution in [0, 0.1) is 11.2 Å². The number of nitrogens with two attached hydrogens (primary N) is 1. The van der Waals surface area contributed by atoms with Gasteiger partial charge in [-0.25, -0.2) is 13.9 Å². The summed E-state index contributed by atoms with van der Waals surface area (Å²) in [6.45, 7) is 4.17. The van der Waals surface area contributed by atoms with Crippen molar-refractivity contribution in [2.45, 2.75) is 25.9 Å². The molecular weight excluding hydrogens is 461 g/mol. The van der Waals surface area contributed by atoms with Crippen LogP contribution in [0.3, 0.4) is 0 Å². The van der Waals surface area contributed by atoms with Gasteiger partial charge in [0.1, 0.15) is 11.4 Å². The van der Waals surface area contributed by atoms with Gasteiger partial charge in [-0.1, -0.05) is 43.6 Å². The normalized spacial score (nSPS) is 21.1. The Morgan fingerprint density at radius 3 is 2.68 bits per heavy atom. The molecule has 0 unspecified atom stereocenters. The molecule has 1 spiro atoms. The van der Waals surface area contributed by atoms with Gasteiger partial charge in [-0.05, 0) is 29.7 Å². The number of rotatable bonds is 2. The monoisotopic (exact) mass is 483 g/mol. The standard InChI is InChI=1S/C24H23ClFN5O3/c1-23(2)11-24(18-17(29-22(33)34-24)9-8-16(25)19(18)26)13-30(12-23)21(32)15-10-28-31(20(15)27)14-6-4-3-5-7-14/h3-10H,11-13,27H2,1-2H3,(H,29,33)/t24-/m0/s1. The lowest BCUT2D eigenvalue weighted by Gasteiger charge is -2.50. The number of anilines is 2. The molecule has 176 valence electrons. The van der Waals surface area contributed by atoms with E-state index >= 15 is 4.39 Å². The predicted molar refractivity (Wildman–Crippen MR) is 125 cm³/mol. The minimum absolute atomic E-state index is 0.0527. The number of hydrogen-bond acceptors (Lipinski definition) is 5. The lowest BCUT2D eigenvalue weighted by molar-refractivity contribution is -0.0794. The van der Waals surface area contributed by atoms with Crippen LogP contribution in [0.25, 0.3) is 5.69 Å². The Kier molecular flexibility index (Phi) is 5.05. The number of para-hydroxylation sites is 1. The summed E-state index contributed by atoms with van der Waals surface area (Å²) in [5, 5.41) is 6.73. The summed E-state index contributed by atoms with van der Waals surface area (Å²) in [7, 11) is 0. The van der Waals surface area contributed by atoms with Gasteiger partial charge in [-0.3, -0.25) is 10.1 Å². The van der Waals surface area contributed by atoms with Crippen LogP contribution in [0.15, 0.2) is 48.7 Å². The van der Waals surface area contributed by atoms with E-state index in [-0.39, 0.29) is 40.1 Å². The molecule has 2 aliphatic heterocycles. The number of benzene rings is 2. The molecule has 3 heterocycles. The highest BCUT2D eigenvalue weighted by molar-refractivity contribution is 6.31. The first-order valence-corrected chi connectivity index (χ1v) is 11.1. The third-order valence-corrected chi connectivity index (χ3v) is 6.52. The highest BCUT2D eigenvalue weighted by Gasteiger charge is 2.53. The van der Waals surface area contributed by atoms with Gasteiger partial charge in [0.15, 0.2) is 11.4 Å². The van der Waals surface area contributed by atoms with E-state index in [1.807, 2.05) is 44.2 Å². The zero-order valence-electron chi connectivity index (χ0n) is 18.6. The van der Waals surface area contributed by atoms with Crippen LogP contribution < -0.4 is 11.1 Å². The number of hydrogen-bond donors (Lipinski definition) is 2. The van der Waals surface area contributed by atoms with Crippen molar-refractivity contribution in [2.75, 3.05) is 24.1 Å². The molecule has 2 aromatic carbocycles. The topological polar surface area (TPSA) is 102 Å². The quantitative estimate of drug-likeness (QED) is 0.555. The number of halogens is 2. The molecule has 1 atom stereocenters. The summed E-state index contributed by atoms with van der Waals surface area (Å²) in [6.07, 6.45) is 1.01. The first-order chi connectivity index (χ1) is 16.1. The van der Waals surface area contributed by atoms with E-state index in [1.54, 1.807) is 6.07 Å². The minimum Gasteiger partial charge on any atom is -0.436 e. The van der Waals surface area contributed by atoms with Crippen LogP contribution in [-0.4, -0.2) is 39.8 Å². The van der Waals surface area contributed by atoms with Gasteiger partial charge in [0.25, 0.3) is 5.91 Å². The van der Waals surface area contributed by atoms with E-state index in [4.69, 9.17) is 22.1 Å². The van der Waals surface area contributed by atoms with Gasteiger partial charge in [0, 0.05) is 13.0 Å². The van der Waals surface area contributed by atoms with Crippen molar-refractivity contribution in [3.63, 3.8) is 0 Å². The van der Waals surface area contributed by atoms with E-state index in [0.29, 0.717) is 18.7 Å². The first kappa shape index (κ1) is 22.2. The summed E-state index contributed by atoms with van der Waals surface area (Å²) >= 11 is 6.08. The number of piperidine rings is 1. The third kappa shape index (κ3) is 3.56. The fraction of sp³-hybridized carbons (Fsp3) is 0.292. The number of likely N-dealkylation sites (tertiary alicyclic amines) is 1. The second kappa shape index (κ2) is 7.73. The Hall–Kier alpha value is -3.59. The van der Waals surface area contributed by atoms with E-state index in [1.165, 1.54) is 21.8 Å². The molecule has 3 aromatic rings. The van der Waals surface area contributed by atoms with Crippen molar-refractivity contribution in [3.05, 3.63) is 70.6 Å².